The first-order valence-corrected chi connectivity index (χ1v) is 16.3. The van der Waals surface area contributed by atoms with Crippen LogP contribution in [-0.2, 0) is 0 Å². The molecule has 2 atom stereocenters. The van der Waals surface area contributed by atoms with E-state index in [2.05, 4.69) is 49.6 Å². The lowest BCUT2D eigenvalue weighted by atomic mass is 9.93. The highest BCUT2D eigenvalue weighted by Crippen LogP contribution is 2.27. The van der Waals surface area contributed by atoms with Crippen LogP contribution in [0.3, 0.4) is 0 Å². The normalized spacial score (nSPS) is 13.4. The molecule has 0 fully saturated rings. The quantitative estimate of drug-likeness (QED) is 0.0985. The number of aromatic nitrogens is 2. The van der Waals surface area contributed by atoms with Crippen LogP contribution in [0.4, 0.5) is 0 Å². The van der Waals surface area contributed by atoms with Crippen LogP contribution in [0.25, 0.3) is 0 Å². The number of aromatic amines is 1. The summed E-state index contributed by atoms with van der Waals surface area (Å²) in [6.07, 6.45) is 38.3. The second-order valence-electron chi connectivity index (χ2n) is 11.5. The van der Waals surface area contributed by atoms with Crippen molar-refractivity contribution in [2.24, 2.45) is 0 Å². The van der Waals surface area contributed by atoms with Gasteiger partial charge >= 0.3 is 0 Å². The molecule has 1 N–H and O–H groups in total. The van der Waals surface area contributed by atoms with Crippen LogP contribution in [-0.4, -0.2) is 4.98 Å². The Bertz CT molecular complexity index is 549. The SMILES string of the molecule is CCCCCCCCCCCC(CCCCC)c1[nH]cc[n+]1C(C)CCCCCCCCCCC. The van der Waals surface area contributed by atoms with Gasteiger partial charge in [0, 0.05) is 0 Å². The van der Waals surface area contributed by atoms with Crippen LogP contribution in [0.15, 0.2) is 12.4 Å². The van der Waals surface area contributed by atoms with Gasteiger partial charge in [0.25, 0.3) is 5.82 Å². The van der Waals surface area contributed by atoms with E-state index in [0.29, 0.717) is 12.0 Å². The van der Waals surface area contributed by atoms with Gasteiger partial charge in [-0.15, -0.1) is 0 Å². The number of hydrogen-bond acceptors (Lipinski definition) is 0. The van der Waals surface area contributed by atoms with Gasteiger partial charge in [-0.2, -0.15) is 0 Å². The first kappa shape index (κ1) is 32.2. The second-order valence-corrected chi connectivity index (χ2v) is 11.5. The predicted octanol–water partition coefficient (Wildman–Crippen LogP) is 11.4. The van der Waals surface area contributed by atoms with Crippen molar-refractivity contribution in [3.05, 3.63) is 18.2 Å². The molecule has 1 heterocycles. The van der Waals surface area contributed by atoms with Crippen molar-refractivity contribution < 1.29 is 4.57 Å². The van der Waals surface area contributed by atoms with E-state index in [1.807, 2.05) is 0 Å². The monoisotopic (exact) mass is 490 g/mol. The van der Waals surface area contributed by atoms with Gasteiger partial charge in [-0.25, -0.2) is 9.55 Å². The van der Waals surface area contributed by atoms with Gasteiger partial charge in [0.05, 0.1) is 12.0 Å². The van der Waals surface area contributed by atoms with E-state index in [-0.39, 0.29) is 0 Å². The fourth-order valence-electron chi connectivity index (χ4n) is 5.72. The van der Waals surface area contributed by atoms with Crippen molar-refractivity contribution in [1.82, 2.24) is 4.98 Å². The van der Waals surface area contributed by atoms with Crippen LogP contribution in [0.1, 0.15) is 200 Å². The molecule has 2 unspecified atom stereocenters. The van der Waals surface area contributed by atoms with Crippen molar-refractivity contribution in [1.29, 1.82) is 0 Å². The Hall–Kier alpha value is -0.790. The minimum atomic E-state index is 0.623. The molecule has 1 aromatic heterocycles. The molecule has 35 heavy (non-hydrogen) atoms. The fourth-order valence-corrected chi connectivity index (χ4v) is 5.72. The van der Waals surface area contributed by atoms with E-state index in [1.165, 1.54) is 160 Å². The summed E-state index contributed by atoms with van der Waals surface area (Å²) >= 11 is 0. The van der Waals surface area contributed by atoms with Crippen molar-refractivity contribution in [3.63, 3.8) is 0 Å². The fraction of sp³-hybridized carbons (Fsp3) is 0.909. The molecule has 0 aliphatic heterocycles. The second kappa shape index (κ2) is 23.6. The molecule has 0 amide bonds. The Morgan fingerprint density at radius 2 is 0.914 bits per heavy atom. The summed E-state index contributed by atoms with van der Waals surface area (Å²) in [5, 5.41) is 0. The van der Waals surface area contributed by atoms with Crippen LogP contribution in [0.5, 0.6) is 0 Å². The number of nitrogens with one attached hydrogen (secondary N) is 1. The maximum atomic E-state index is 3.69. The molecule has 0 bridgehead atoms. The number of hydrogen-bond donors (Lipinski definition) is 1. The predicted molar refractivity (Wildman–Crippen MR) is 156 cm³/mol. The summed E-state index contributed by atoms with van der Waals surface area (Å²) < 4.78 is 2.61. The van der Waals surface area contributed by atoms with Gasteiger partial charge < -0.3 is 0 Å². The lowest BCUT2D eigenvalue weighted by Gasteiger charge is -2.17. The minimum absolute atomic E-state index is 0.623. The standard InChI is InChI=1S/C33H64N2/c1-5-8-11-13-15-17-19-21-24-26-31(4)35-30-29-34-33(35)32(27-23-10-7-3)28-25-22-20-18-16-14-12-9-6-2/h29-32H,5-28H2,1-4H3/p+1. The molecule has 0 saturated heterocycles. The summed E-state index contributed by atoms with van der Waals surface area (Å²) in [5.74, 6) is 2.23. The molecule has 0 saturated carbocycles. The third-order valence-corrected chi connectivity index (χ3v) is 8.14. The minimum Gasteiger partial charge on any atom is -0.247 e. The molecule has 0 aliphatic carbocycles. The zero-order chi connectivity index (χ0) is 25.4. The number of unbranched alkanes of at least 4 members (excludes halogenated alkanes) is 18. The molecular weight excluding hydrogens is 424 g/mol. The topological polar surface area (TPSA) is 19.7 Å². The molecule has 2 nitrogen and oxygen atoms in total. The summed E-state index contributed by atoms with van der Waals surface area (Å²) in [6, 6.07) is 0.623. The van der Waals surface area contributed by atoms with Crippen LogP contribution in [0.2, 0.25) is 0 Å². The Morgan fingerprint density at radius 1 is 0.543 bits per heavy atom. The molecule has 0 radical (unpaired) electrons. The van der Waals surface area contributed by atoms with Crippen molar-refractivity contribution in [3.8, 4) is 0 Å². The third-order valence-electron chi connectivity index (χ3n) is 8.14. The van der Waals surface area contributed by atoms with E-state index < -0.39 is 0 Å². The molecule has 1 rings (SSSR count). The van der Waals surface area contributed by atoms with Crippen LogP contribution >= 0.6 is 0 Å². The van der Waals surface area contributed by atoms with E-state index in [9.17, 15) is 0 Å². The highest BCUT2D eigenvalue weighted by atomic mass is 15.1. The Kier molecular flexibility index (Phi) is 21.7. The Labute approximate surface area is 221 Å². The van der Waals surface area contributed by atoms with Crippen molar-refractivity contribution >= 4 is 0 Å². The number of imidazole rings is 1. The number of H-pyrrole nitrogens is 1. The van der Waals surface area contributed by atoms with Crippen LogP contribution < -0.4 is 4.57 Å². The summed E-state index contributed by atoms with van der Waals surface area (Å²) in [5.41, 5.74) is 0. The first-order valence-electron chi connectivity index (χ1n) is 16.3. The van der Waals surface area contributed by atoms with Gasteiger partial charge in [-0.05, 0) is 32.6 Å². The third kappa shape index (κ3) is 16.6. The largest absolute Gasteiger partial charge is 0.257 e. The van der Waals surface area contributed by atoms with E-state index in [4.69, 9.17) is 0 Å². The molecule has 0 aliphatic rings. The van der Waals surface area contributed by atoms with Gasteiger partial charge in [0.1, 0.15) is 12.4 Å². The Balaban J connectivity index is 2.38. The molecular formula is C33H65N2+. The zero-order valence-corrected chi connectivity index (χ0v) is 24.7. The van der Waals surface area contributed by atoms with Gasteiger partial charge in [0.15, 0.2) is 0 Å². The molecule has 206 valence electrons. The average Bonchev–Trinajstić information content (AvgIpc) is 3.35. The van der Waals surface area contributed by atoms with Gasteiger partial charge in [0.2, 0.25) is 0 Å². The molecule has 2 heteroatoms. The van der Waals surface area contributed by atoms with Gasteiger partial charge in [-0.1, -0.05) is 149 Å². The lowest BCUT2D eigenvalue weighted by molar-refractivity contribution is -0.727. The average molecular weight is 490 g/mol. The van der Waals surface area contributed by atoms with E-state index in [0.717, 1.165) is 0 Å². The van der Waals surface area contributed by atoms with E-state index in [1.54, 1.807) is 0 Å². The first-order chi connectivity index (χ1) is 17.2. The highest BCUT2D eigenvalue weighted by Gasteiger charge is 2.25. The van der Waals surface area contributed by atoms with Crippen molar-refractivity contribution in [2.75, 3.05) is 0 Å². The molecule has 0 spiro atoms. The number of nitrogens with zero attached hydrogens (tertiary/aromatic N) is 1. The summed E-state index contributed by atoms with van der Waals surface area (Å²) in [4.78, 5) is 3.69. The lowest BCUT2D eigenvalue weighted by Crippen LogP contribution is -2.41. The summed E-state index contributed by atoms with van der Waals surface area (Å²) in [6.45, 7) is 9.39. The number of rotatable bonds is 26. The molecule has 1 aromatic rings. The molecule has 0 aromatic carbocycles. The Morgan fingerprint density at radius 3 is 1.40 bits per heavy atom. The maximum Gasteiger partial charge on any atom is 0.257 e. The van der Waals surface area contributed by atoms with Crippen LogP contribution in [0, 0.1) is 0 Å². The zero-order valence-electron chi connectivity index (χ0n) is 24.7. The van der Waals surface area contributed by atoms with Gasteiger partial charge in [-0.3, -0.25) is 0 Å². The van der Waals surface area contributed by atoms with Crippen molar-refractivity contribution in [2.45, 2.75) is 194 Å². The smallest absolute Gasteiger partial charge is 0.247 e. The van der Waals surface area contributed by atoms with E-state index >= 15 is 0 Å². The maximum absolute atomic E-state index is 3.69. The highest BCUT2D eigenvalue weighted by molar-refractivity contribution is 4.90. The summed E-state index contributed by atoms with van der Waals surface area (Å²) in [7, 11) is 0.